The lowest BCUT2D eigenvalue weighted by atomic mass is 10.1. The maximum absolute atomic E-state index is 12.7. The van der Waals surface area contributed by atoms with Gasteiger partial charge in [-0.2, -0.15) is 13.2 Å². The molecule has 4 aromatic rings. The first-order valence-electron chi connectivity index (χ1n) is 9.05. The monoisotopic (exact) mass is 401 g/mol. The van der Waals surface area contributed by atoms with Crippen molar-refractivity contribution in [2.24, 2.45) is 0 Å². The van der Waals surface area contributed by atoms with E-state index in [1.54, 1.807) is 13.8 Å². The molecule has 0 radical (unpaired) electrons. The largest absolute Gasteiger partial charge is 0.461 e. The van der Waals surface area contributed by atoms with Crippen molar-refractivity contribution in [3.63, 3.8) is 0 Å². The van der Waals surface area contributed by atoms with Gasteiger partial charge in [-0.3, -0.25) is 0 Å². The van der Waals surface area contributed by atoms with Crippen LogP contribution in [0.4, 0.5) is 13.2 Å². The number of hydrogen-bond acceptors (Lipinski definition) is 4. The predicted molar refractivity (Wildman–Crippen MR) is 101 cm³/mol. The van der Waals surface area contributed by atoms with Gasteiger partial charge >= 0.3 is 6.18 Å². The van der Waals surface area contributed by atoms with Gasteiger partial charge in [-0.1, -0.05) is 6.07 Å². The molecule has 0 spiro atoms. The second-order valence-corrected chi connectivity index (χ2v) is 6.96. The van der Waals surface area contributed by atoms with E-state index in [4.69, 9.17) is 8.83 Å². The van der Waals surface area contributed by atoms with Gasteiger partial charge in [-0.05, 0) is 61.9 Å². The fourth-order valence-electron chi connectivity index (χ4n) is 3.15. The van der Waals surface area contributed by atoms with Gasteiger partial charge in [0.25, 0.3) is 0 Å². The van der Waals surface area contributed by atoms with E-state index in [1.807, 2.05) is 24.3 Å². The van der Waals surface area contributed by atoms with E-state index in [0.29, 0.717) is 34.8 Å². The third-order valence-electron chi connectivity index (χ3n) is 4.77. The summed E-state index contributed by atoms with van der Waals surface area (Å²) in [4.78, 5) is 4.44. The molecule has 2 aromatic heterocycles. The fraction of sp³-hybridized carbons (Fsp3) is 0.227. The third-order valence-corrected chi connectivity index (χ3v) is 4.77. The first-order chi connectivity index (χ1) is 13.7. The number of aromatic nitrogens is 1. The molecule has 2 heterocycles. The molecular formula is C22H18F3NO3. The molecule has 1 atom stereocenters. The Balaban J connectivity index is 1.59. The number of aliphatic hydroxyl groups excluding tert-OH is 1. The minimum absolute atomic E-state index is 0.263. The van der Waals surface area contributed by atoms with Crippen molar-refractivity contribution in [2.75, 3.05) is 0 Å². The zero-order valence-electron chi connectivity index (χ0n) is 15.7. The Kier molecular flexibility index (Phi) is 4.70. The molecule has 0 aliphatic heterocycles. The molecule has 0 aliphatic carbocycles. The maximum atomic E-state index is 12.7. The molecule has 0 saturated heterocycles. The molecule has 0 fully saturated rings. The van der Waals surface area contributed by atoms with Crippen LogP contribution in [-0.4, -0.2) is 10.1 Å². The molecule has 1 N–H and O–H groups in total. The van der Waals surface area contributed by atoms with Crippen molar-refractivity contribution in [2.45, 2.75) is 32.5 Å². The van der Waals surface area contributed by atoms with Gasteiger partial charge in [0.15, 0.2) is 0 Å². The lowest BCUT2D eigenvalue weighted by Gasteiger charge is -2.06. The summed E-state index contributed by atoms with van der Waals surface area (Å²) in [6.07, 6.45) is -4.57. The third kappa shape index (κ3) is 3.91. The fourth-order valence-corrected chi connectivity index (χ4v) is 3.15. The summed E-state index contributed by atoms with van der Waals surface area (Å²) in [5.74, 6) is 1.52. The highest BCUT2D eigenvalue weighted by molar-refractivity contribution is 5.79. The van der Waals surface area contributed by atoms with Crippen LogP contribution in [-0.2, 0) is 12.6 Å². The number of benzene rings is 2. The van der Waals surface area contributed by atoms with Crippen molar-refractivity contribution in [1.29, 1.82) is 0 Å². The Bertz CT molecular complexity index is 1150. The maximum Gasteiger partial charge on any atom is 0.416 e. The van der Waals surface area contributed by atoms with Gasteiger partial charge in [0.1, 0.15) is 17.1 Å². The summed E-state index contributed by atoms with van der Waals surface area (Å²) >= 11 is 0. The Morgan fingerprint density at radius 1 is 1.03 bits per heavy atom. The molecule has 0 saturated carbocycles. The normalized spacial score (nSPS) is 13.2. The Morgan fingerprint density at radius 2 is 1.76 bits per heavy atom. The number of furan rings is 1. The van der Waals surface area contributed by atoms with E-state index < -0.39 is 17.8 Å². The van der Waals surface area contributed by atoms with E-state index >= 15 is 0 Å². The van der Waals surface area contributed by atoms with E-state index in [0.717, 1.165) is 23.1 Å². The van der Waals surface area contributed by atoms with Crippen molar-refractivity contribution in [3.8, 4) is 11.5 Å². The second-order valence-electron chi connectivity index (χ2n) is 6.96. The SMILES string of the molecule is Cc1oc(-c2ccc(C(F)(F)F)cc2)nc1Cc1cc2cc(C(C)O)ccc2o1. The number of alkyl halides is 3. The zero-order valence-corrected chi connectivity index (χ0v) is 15.7. The molecule has 4 rings (SSSR count). The number of nitrogens with zero attached hydrogens (tertiary/aromatic N) is 1. The zero-order chi connectivity index (χ0) is 20.8. The molecule has 29 heavy (non-hydrogen) atoms. The standard InChI is InChI=1S/C22H18F3NO3/c1-12(27)15-5-8-20-16(9-15)10-18(29-20)11-19-13(2)28-21(26-19)14-3-6-17(7-4-14)22(23,24)25/h3-10,12,27H,11H2,1-2H3. The smallest absolute Gasteiger partial charge is 0.416 e. The van der Waals surface area contributed by atoms with Crippen LogP contribution < -0.4 is 0 Å². The summed E-state index contributed by atoms with van der Waals surface area (Å²) in [5, 5.41) is 10.6. The van der Waals surface area contributed by atoms with E-state index in [2.05, 4.69) is 4.98 Å². The van der Waals surface area contributed by atoms with Crippen LogP contribution in [0.15, 0.2) is 57.4 Å². The molecule has 2 aromatic carbocycles. The highest BCUT2D eigenvalue weighted by Crippen LogP contribution is 2.32. The Morgan fingerprint density at radius 3 is 2.41 bits per heavy atom. The molecule has 4 nitrogen and oxygen atoms in total. The quantitative estimate of drug-likeness (QED) is 0.452. The van der Waals surface area contributed by atoms with Crippen molar-refractivity contribution < 1.29 is 27.1 Å². The Labute approximate surface area is 164 Å². The van der Waals surface area contributed by atoms with Crippen molar-refractivity contribution in [3.05, 3.63) is 76.9 Å². The van der Waals surface area contributed by atoms with Crippen LogP contribution in [0.25, 0.3) is 22.4 Å². The molecule has 0 amide bonds. The molecule has 0 bridgehead atoms. The summed E-state index contributed by atoms with van der Waals surface area (Å²) < 4.78 is 49.7. The van der Waals surface area contributed by atoms with Gasteiger partial charge in [-0.15, -0.1) is 0 Å². The van der Waals surface area contributed by atoms with Crippen LogP contribution in [0.2, 0.25) is 0 Å². The molecular weight excluding hydrogens is 383 g/mol. The van der Waals surface area contributed by atoms with Crippen molar-refractivity contribution >= 4 is 11.0 Å². The van der Waals surface area contributed by atoms with Crippen LogP contribution in [0, 0.1) is 6.92 Å². The summed E-state index contributed by atoms with van der Waals surface area (Å²) in [5.41, 5.74) is 1.90. The molecule has 1 unspecified atom stereocenters. The minimum Gasteiger partial charge on any atom is -0.461 e. The number of aryl methyl sites for hydroxylation is 1. The van der Waals surface area contributed by atoms with Gasteiger partial charge in [0, 0.05) is 10.9 Å². The van der Waals surface area contributed by atoms with Gasteiger partial charge in [0.2, 0.25) is 5.89 Å². The summed E-state index contributed by atoms with van der Waals surface area (Å²) in [6, 6.07) is 12.1. The topological polar surface area (TPSA) is 59.4 Å². The second kappa shape index (κ2) is 7.08. The number of hydrogen-bond donors (Lipinski definition) is 1. The molecule has 0 aliphatic rings. The predicted octanol–water partition coefficient (Wildman–Crippen LogP) is 6.06. The molecule has 150 valence electrons. The minimum atomic E-state index is -4.38. The van der Waals surface area contributed by atoms with Gasteiger partial charge < -0.3 is 13.9 Å². The number of halogens is 3. The van der Waals surface area contributed by atoms with E-state index in [-0.39, 0.29) is 5.89 Å². The van der Waals surface area contributed by atoms with Crippen LogP contribution >= 0.6 is 0 Å². The lowest BCUT2D eigenvalue weighted by molar-refractivity contribution is -0.137. The summed E-state index contributed by atoms with van der Waals surface area (Å²) in [7, 11) is 0. The van der Waals surface area contributed by atoms with Gasteiger partial charge in [0.05, 0.1) is 23.8 Å². The van der Waals surface area contributed by atoms with Gasteiger partial charge in [-0.25, -0.2) is 4.98 Å². The average Bonchev–Trinajstić information content (AvgIpc) is 3.23. The van der Waals surface area contributed by atoms with Crippen LogP contribution in [0.5, 0.6) is 0 Å². The molecule has 7 heteroatoms. The lowest BCUT2D eigenvalue weighted by Crippen LogP contribution is -2.03. The highest BCUT2D eigenvalue weighted by Gasteiger charge is 2.30. The first-order valence-corrected chi connectivity index (χ1v) is 9.05. The van der Waals surface area contributed by atoms with E-state index in [9.17, 15) is 18.3 Å². The number of fused-ring (bicyclic) bond motifs is 1. The van der Waals surface area contributed by atoms with Crippen LogP contribution in [0.3, 0.4) is 0 Å². The average molecular weight is 401 g/mol. The first kappa shape index (κ1) is 19.3. The number of oxazole rings is 1. The number of rotatable bonds is 4. The van der Waals surface area contributed by atoms with E-state index in [1.165, 1.54) is 12.1 Å². The summed E-state index contributed by atoms with van der Waals surface area (Å²) in [6.45, 7) is 3.45. The van der Waals surface area contributed by atoms with Crippen LogP contribution in [0.1, 0.15) is 41.4 Å². The Hall–Kier alpha value is -3.06. The van der Waals surface area contributed by atoms with Crippen molar-refractivity contribution in [1.82, 2.24) is 4.98 Å². The highest BCUT2D eigenvalue weighted by atomic mass is 19.4. The number of aliphatic hydroxyl groups is 1.